The Morgan fingerprint density at radius 1 is 1.24 bits per heavy atom. The molecule has 7 nitrogen and oxygen atoms in total. The first-order valence-corrected chi connectivity index (χ1v) is 11.5. The molecule has 1 saturated heterocycles. The molecule has 0 bridgehead atoms. The summed E-state index contributed by atoms with van der Waals surface area (Å²) in [6.07, 6.45) is 6.98. The molecular weight excluding hydrogens is 396 g/mol. The van der Waals surface area contributed by atoms with Gasteiger partial charge >= 0.3 is 0 Å². The van der Waals surface area contributed by atoms with E-state index >= 15 is 0 Å². The summed E-state index contributed by atoms with van der Waals surface area (Å²) in [4.78, 5) is 15.3. The zero-order chi connectivity index (χ0) is 20.4. The monoisotopic (exact) mass is 419 g/mol. The molecule has 0 radical (unpaired) electrons. The summed E-state index contributed by atoms with van der Waals surface area (Å²) < 4.78 is 32.2. The van der Waals surface area contributed by atoms with Crippen LogP contribution in [0.5, 0.6) is 0 Å². The number of aromatic nitrogens is 5. The molecule has 0 aliphatic carbocycles. The van der Waals surface area contributed by atoms with Gasteiger partial charge in [-0.2, -0.15) is 5.10 Å². The minimum Gasteiger partial charge on any atom is -0.356 e. The fraction of sp³-hybridized carbons (Fsp3) is 0.474. The Labute approximate surface area is 170 Å². The van der Waals surface area contributed by atoms with Gasteiger partial charge in [0.25, 0.3) is 6.43 Å². The van der Waals surface area contributed by atoms with Crippen molar-refractivity contribution in [1.82, 2.24) is 24.6 Å². The van der Waals surface area contributed by atoms with Crippen molar-refractivity contribution in [3.63, 3.8) is 0 Å². The fourth-order valence-corrected chi connectivity index (χ4v) is 4.02. The lowest BCUT2D eigenvalue weighted by molar-refractivity contribution is 0.144. The van der Waals surface area contributed by atoms with Crippen LogP contribution in [0.1, 0.15) is 25.0 Å². The summed E-state index contributed by atoms with van der Waals surface area (Å²) in [5, 5.41) is 4.02. The zero-order valence-corrected chi connectivity index (χ0v) is 17.2. The topological polar surface area (TPSA) is 71.6 Å². The molecule has 0 N–H and O–H groups in total. The molecule has 0 amide bonds. The van der Waals surface area contributed by atoms with Crippen LogP contribution in [0.15, 0.2) is 35.1 Å². The maximum atomic E-state index is 13.1. The minimum absolute atomic E-state index is 0.0949. The molecule has 0 saturated carbocycles. The Kier molecular flexibility index (Phi) is 5.79. The number of nitrogens with zero attached hydrogens (tertiary/aromatic N) is 7. The fourth-order valence-electron chi connectivity index (χ4n) is 3.52. The van der Waals surface area contributed by atoms with Gasteiger partial charge in [-0.05, 0) is 43.4 Å². The molecule has 154 valence electrons. The Bertz CT molecular complexity index is 1030. The van der Waals surface area contributed by atoms with Gasteiger partial charge in [0.15, 0.2) is 5.65 Å². The Balaban J connectivity index is 1.61. The lowest BCUT2D eigenvalue weighted by atomic mass is 9.98. The first-order valence-electron chi connectivity index (χ1n) is 9.46. The smallest absolute Gasteiger partial charge is 0.282 e. The van der Waals surface area contributed by atoms with Crippen LogP contribution in [0.3, 0.4) is 0 Å². The number of piperidine rings is 1. The number of anilines is 1. The van der Waals surface area contributed by atoms with E-state index in [1.54, 1.807) is 6.20 Å². The molecule has 10 heteroatoms. The highest BCUT2D eigenvalue weighted by Crippen LogP contribution is 2.26. The first-order chi connectivity index (χ1) is 14.0. The van der Waals surface area contributed by atoms with Crippen LogP contribution in [0, 0.1) is 5.92 Å². The molecule has 3 aromatic rings. The molecule has 1 aliphatic rings. The van der Waals surface area contributed by atoms with Crippen LogP contribution in [-0.2, 0) is 10.7 Å². The summed E-state index contributed by atoms with van der Waals surface area (Å²) in [5.74, 6) is 1.34. The second kappa shape index (κ2) is 8.48. The van der Waals surface area contributed by atoms with Crippen LogP contribution >= 0.6 is 0 Å². The summed E-state index contributed by atoms with van der Waals surface area (Å²) >= 11 is 0. The van der Waals surface area contributed by atoms with Crippen LogP contribution in [0.2, 0.25) is 0 Å². The number of rotatable bonds is 5. The van der Waals surface area contributed by atoms with Crippen molar-refractivity contribution >= 4 is 22.2 Å². The maximum absolute atomic E-state index is 13.1. The Hall–Kier alpha value is -2.49. The molecule has 0 spiro atoms. The van der Waals surface area contributed by atoms with Gasteiger partial charge in [-0.25, -0.2) is 28.2 Å². The predicted octanol–water partition coefficient (Wildman–Crippen LogP) is 3.40. The third kappa shape index (κ3) is 4.42. The normalized spacial score (nSPS) is 17.4. The molecular formula is C19H23F2N7S. The summed E-state index contributed by atoms with van der Waals surface area (Å²) in [6, 6.07) is 4.71. The average Bonchev–Trinajstić information content (AvgIpc) is 3.16. The van der Waals surface area contributed by atoms with Crippen LogP contribution in [0.4, 0.5) is 14.6 Å². The van der Waals surface area contributed by atoms with Crippen LogP contribution in [0.25, 0.3) is 17.0 Å². The van der Waals surface area contributed by atoms with Gasteiger partial charge in [-0.3, -0.25) is 4.36 Å². The van der Waals surface area contributed by atoms with Crippen molar-refractivity contribution in [3.8, 4) is 11.4 Å². The lowest BCUT2D eigenvalue weighted by Crippen LogP contribution is -2.37. The SMILES string of the molecule is CS(C)=NCC1CCCN(c2cc(-c3cnc4ccc(C(F)F)nn34)ncn2)C1. The lowest BCUT2D eigenvalue weighted by Gasteiger charge is -2.33. The van der Waals surface area contributed by atoms with E-state index in [-0.39, 0.29) is 16.4 Å². The molecule has 1 atom stereocenters. The van der Waals surface area contributed by atoms with E-state index in [2.05, 4.69) is 41.8 Å². The highest BCUT2D eigenvalue weighted by atomic mass is 32.2. The standard InChI is InChI=1S/C19H23F2N7S/c1-29(2)25-9-13-4-3-7-27(11-13)18-8-15(23-12-24-18)16-10-22-17-6-5-14(19(20)21)26-28(16)17/h5-6,8,10,12-13,19H,3-4,7,9,11H2,1-2H3. The van der Waals surface area contributed by atoms with Gasteiger partial charge < -0.3 is 4.90 Å². The van der Waals surface area contributed by atoms with E-state index in [1.165, 1.54) is 29.4 Å². The predicted molar refractivity (Wildman–Crippen MR) is 110 cm³/mol. The highest BCUT2D eigenvalue weighted by molar-refractivity contribution is 7.85. The third-order valence-electron chi connectivity index (χ3n) is 4.96. The second-order valence-corrected chi connectivity index (χ2v) is 9.08. The number of halogens is 2. The van der Waals surface area contributed by atoms with E-state index in [0.29, 0.717) is 23.0 Å². The largest absolute Gasteiger partial charge is 0.356 e. The van der Waals surface area contributed by atoms with Gasteiger partial charge in [-0.15, -0.1) is 10.7 Å². The molecule has 0 aromatic carbocycles. The minimum atomic E-state index is -2.64. The Morgan fingerprint density at radius 2 is 2.10 bits per heavy atom. The molecule has 1 fully saturated rings. The molecule has 1 aliphatic heterocycles. The zero-order valence-electron chi connectivity index (χ0n) is 16.4. The Morgan fingerprint density at radius 3 is 2.90 bits per heavy atom. The number of hydrogen-bond donors (Lipinski definition) is 0. The van der Waals surface area contributed by atoms with E-state index in [9.17, 15) is 8.78 Å². The van der Waals surface area contributed by atoms with E-state index in [1.807, 2.05) is 6.07 Å². The van der Waals surface area contributed by atoms with Gasteiger partial charge in [0.1, 0.15) is 23.5 Å². The van der Waals surface area contributed by atoms with E-state index in [0.717, 1.165) is 31.9 Å². The summed E-state index contributed by atoms with van der Waals surface area (Å²) in [5.41, 5.74) is 1.38. The van der Waals surface area contributed by atoms with Crippen molar-refractivity contribution in [2.45, 2.75) is 19.3 Å². The van der Waals surface area contributed by atoms with Crippen molar-refractivity contribution < 1.29 is 8.78 Å². The first kappa shape index (κ1) is 19.8. The summed E-state index contributed by atoms with van der Waals surface area (Å²) in [6.45, 7) is 2.70. The number of hydrogen-bond acceptors (Lipinski definition) is 6. The number of fused-ring (bicyclic) bond motifs is 1. The number of imidazole rings is 1. The van der Waals surface area contributed by atoms with Gasteiger partial charge in [0.05, 0.1) is 18.4 Å². The molecule has 29 heavy (non-hydrogen) atoms. The van der Waals surface area contributed by atoms with Gasteiger partial charge in [0, 0.05) is 19.2 Å². The van der Waals surface area contributed by atoms with Crippen molar-refractivity contribution in [3.05, 3.63) is 36.4 Å². The van der Waals surface area contributed by atoms with Crippen LogP contribution < -0.4 is 4.90 Å². The summed E-state index contributed by atoms with van der Waals surface area (Å²) in [7, 11) is 0.0949. The second-order valence-electron chi connectivity index (χ2n) is 7.27. The molecule has 1 unspecified atom stereocenters. The van der Waals surface area contributed by atoms with E-state index in [4.69, 9.17) is 0 Å². The van der Waals surface area contributed by atoms with E-state index < -0.39 is 6.43 Å². The highest BCUT2D eigenvalue weighted by Gasteiger charge is 2.22. The average molecular weight is 420 g/mol. The van der Waals surface area contributed by atoms with Crippen molar-refractivity contribution in [2.75, 3.05) is 37.0 Å². The van der Waals surface area contributed by atoms with Crippen LogP contribution in [-0.4, -0.2) is 56.7 Å². The van der Waals surface area contributed by atoms with Crippen molar-refractivity contribution in [2.24, 2.45) is 10.3 Å². The maximum Gasteiger partial charge on any atom is 0.282 e. The third-order valence-corrected chi connectivity index (χ3v) is 5.62. The van der Waals surface area contributed by atoms with Crippen molar-refractivity contribution in [1.29, 1.82) is 0 Å². The molecule has 3 aromatic heterocycles. The number of alkyl halides is 2. The van der Waals surface area contributed by atoms with Gasteiger partial charge in [0.2, 0.25) is 0 Å². The molecule has 4 rings (SSSR count). The van der Waals surface area contributed by atoms with Gasteiger partial charge in [-0.1, -0.05) is 0 Å². The quantitative estimate of drug-likeness (QED) is 0.634. The molecule has 4 heterocycles.